The number of nitriles is 1. The molecule has 0 saturated heterocycles. The van der Waals surface area contributed by atoms with Crippen molar-refractivity contribution in [3.8, 4) is 34.8 Å². The molecule has 9 heteroatoms. The number of nitrogens with one attached hydrogen (secondary N) is 1. The Bertz CT molecular complexity index is 979. The highest BCUT2D eigenvalue weighted by Gasteiger charge is 2.21. The summed E-state index contributed by atoms with van der Waals surface area (Å²) in [7, 11) is 4.45. The van der Waals surface area contributed by atoms with E-state index in [-0.39, 0.29) is 12.3 Å². The van der Waals surface area contributed by atoms with Gasteiger partial charge in [-0.2, -0.15) is 5.26 Å². The molecule has 1 unspecified atom stereocenters. The van der Waals surface area contributed by atoms with E-state index in [1.165, 1.54) is 21.3 Å². The maximum Gasteiger partial charge on any atom is 0.225 e. The molecule has 2 aromatic rings. The number of rotatable bonds is 7. The number of benzene rings is 2. The van der Waals surface area contributed by atoms with Gasteiger partial charge in [-0.25, -0.2) is 0 Å². The molecule has 1 N–H and O–H groups in total. The molecule has 0 spiro atoms. The molecule has 1 aliphatic heterocycles. The number of methoxy groups -OCH3 is 3. The fourth-order valence-electron chi connectivity index (χ4n) is 3.24. The van der Waals surface area contributed by atoms with Gasteiger partial charge in [0.2, 0.25) is 11.7 Å². The Kier molecular flexibility index (Phi) is 7.32. The lowest BCUT2D eigenvalue weighted by molar-refractivity contribution is -0.120. The minimum atomic E-state index is -0.919. The second-order valence-electron chi connectivity index (χ2n) is 6.72. The van der Waals surface area contributed by atoms with Crippen molar-refractivity contribution in [3.05, 3.63) is 40.4 Å². The van der Waals surface area contributed by atoms with Crippen LogP contribution in [0.25, 0.3) is 0 Å². The Morgan fingerprint density at radius 1 is 1.13 bits per heavy atom. The molecule has 2 aromatic carbocycles. The zero-order valence-electron chi connectivity index (χ0n) is 17.5. The Labute approximate surface area is 185 Å². The first-order valence-corrected chi connectivity index (χ1v) is 9.95. The minimum Gasteiger partial charge on any atom is -0.493 e. The molecule has 0 fully saturated rings. The number of amides is 1. The Morgan fingerprint density at radius 3 is 2.42 bits per heavy atom. The van der Waals surface area contributed by atoms with Gasteiger partial charge in [0, 0.05) is 6.42 Å². The average Bonchev–Trinajstić information content (AvgIpc) is 3.02. The first-order chi connectivity index (χ1) is 15.0. The van der Waals surface area contributed by atoms with Crippen molar-refractivity contribution in [1.82, 2.24) is 5.32 Å². The molecular weight excluding hydrogens is 424 g/mol. The number of halogens is 1. The molecule has 3 rings (SSSR count). The molecule has 1 atom stereocenters. The fraction of sp³-hybridized carbons (Fsp3) is 0.364. The van der Waals surface area contributed by atoms with Gasteiger partial charge in [-0.05, 0) is 35.4 Å². The lowest BCUT2D eigenvalue weighted by Gasteiger charge is -2.17. The van der Waals surface area contributed by atoms with Gasteiger partial charge in [0.15, 0.2) is 23.0 Å². The van der Waals surface area contributed by atoms with Crippen molar-refractivity contribution in [2.24, 2.45) is 0 Å². The van der Waals surface area contributed by atoms with Crippen LogP contribution >= 0.6 is 11.6 Å². The second-order valence-corrected chi connectivity index (χ2v) is 7.13. The Hall–Kier alpha value is -3.31. The van der Waals surface area contributed by atoms with Gasteiger partial charge in [0.05, 0.1) is 52.1 Å². The molecule has 164 valence electrons. The van der Waals surface area contributed by atoms with E-state index in [4.69, 9.17) is 35.3 Å². The van der Waals surface area contributed by atoms with E-state index in [2.05, 4.69) is 11.4 Å². The number of carbonyl (C=O) groups excluding carboxylic acids is 1. The molecule has 0 bridgehead atoms. The van der Waals surface area contributed by atoms with E-state index < -0.39 is 6.04 Å². The standard InChI is InChI=1S/C22H23ClN2O6/c1-27-17-10-14(11-18(28-2)22(17)29-3)16(12-24)25-20(26)9-13-7-15(23)21-19(8-13)30-5-4-6-31-21/h7-8,10-11,16H,4-6,9H2,1-3H3,(H,25,26). The van der Waals surface area contributed by atoms with Gasteiger partial charge in [-0.3, -0.25) is 4.79 Å². The number of hydrogen-bond donors (Lipinski definition) is 1. The third-order valence-corrected chi connectivity index (χ3v) is 4.96. The molecular formula is C22H23ClN2O6. The summed E-state index contributed by atoms with van der Waals surface area (Å²) in [6, 6.07) is 7.81. The van der Waals surface area contributed by atoms with E-state index in [1.807, 2.05) is 0 Å². The van der Waals surface area contributed by atoms with Gasteiger partial charge in [-0.1, -0.05) is 11.6 Å². The monoisotopic (exact) mass is 446 g/mol. The summed E-state index contributed by atoms with van der Waals surface area (Å²) in [6.45, 7) is 1.03. The highest BCUT2D eigenvalue weighted by molar-refractivity contribution is 6.32. The lowest BCUT2D eigenvalue weighted by Crippen LogP contribution is -2.29. The average molecular weight is 447 g/mol. The van der Waals surface area contributed by atoms with Crippen LogP contribution in [0, 0.1) is 11.3 Å². The fourth-order valence-corrected chi connectivity index (χ4v) is 3.53. The summed E-state index contributed by atoms with van der Waals surface area (Å²) >= 11 is 6.30. The molecule has 1 aliphatic rings. The summed E-state index contributed by atoms with van der Waals surface area (Å²) in [5, 5.41) is 12.7. The van der Waals surface area contributed by atoms with Crippen LogP contribution in [0.3, 0.4) is 0 Å². The third kappa shape index (κ3) is 5.06. The van der Waals surface area contributed by atoms with Gasteiger partial charge in [0.1, 0.15) is 6.04 Å². The minimum absolute atomic E-state index is 0.0129. The summed E-state index contributed by atoms with van der Waals surface area (Å²) in [5.74, 6) is 1.82. The predicted octanol–water partition coefficient (Wildman–Crippen LogP) is 3.45. The maximum absolute atomic E-state index is 12.7. The second kappa shape index (κ2) is 10.1. The van der Waals surface area contributed by atoms with E-state index in [1.54, 1.807) is 24.3 Å². The Morgan fingerprint density at radius 2 is 1.81 bits per heavy atom. The van der Waals surface area contributed by atoms with E-state index >= 15 is 0 Å². The van der Waals surface area contributed by atoms with Crippen molar-refractivity contribution in [3.63, 3.8) is 0 Å². The van der Waals surface area contributed by atoms with Gasteiger partial charge in [-0.15, -0.1) is 0 Å². The largest absolute Gasteiger partial charge is 0.493 e. The van der Waals surface area contributed by atoms with Gasteiger partial charge < -0.3 is 29.0 Å². The summed E-state index contributed by atoms with van der Waals surface area (Å²) < 4.78 is 27.2. The highest BCUT2D eigenvalue weighted by atomic mass is 35.5. The van der Waals surface area contributed by atoms with Gasteiger partial charge >= 0.3 is 0 Å². The van der Waals surface area contributed by atoms with Crippen molar-refractivity contribution in [2.75, 3.05) is 34.5 Å². The topological polar surface area (TPSA) is 99.0 Å². The summed E-state index contributed by atoms with van der Waals surface area (Å²) in [6.07, 6.45) is 0.762. The van der Waals surface area contributed by atoms with Crippen molar-refractivity contribution in [1.29, 1.82) is 5.26 Å². The Balaban J connectivity index is 1.79. The number of ether oxygens (including phenoxy) is 5. The van der Waals surface area contributed by atoms with Crippen molar-refractivity contribution < 1.29 is 28.5 Å². The SMILES string of the molecule is COc1cc(C(C#N)NC(=O)Cc2cc(Cl)c3c(c2)OCCCO3)cc(OC)c1OC. The van der Waals surface area contributed by atoms with E-state index in [9.17, 15) is 10.1 Å². The summed E-state index contributed by atoms with van der Waals surface area (Å²) in [4.78, 5) is 12.7. The van der Waals surface area contributed by atoms with Crippen LogP contribution in [0.5, 0.6) is 28.7 Å². The summed E-state index contributed by atoms with van der Waals surface area (Å²) in [5.41, 5.74) is 1.15. The van der Waals surface area contributed by atoms with Gasteiger partial charge in [0.25, 0.3) is 0 Å². The molecule has 0 saturated carbocycles. The van der Waals surface area contributed by atoms with Crippen LogP contribution in [0.1, 0.15) is 23.6 Å². The van der Waals surface area contributed by atoms with Crippen LogP contribution in [0.2, 0.25) is 5.02 Å². The van der Waals surface area contributed by atoms with Crippen LogP contribution in [0.4, 0.5) is 0 Å². The number of fused-ring (bicyclic) bond motifs is 1. The first-order valence-electron chi connectivity index (χ1n) is 9.57. The molecule has 8 nitrogen and oxygen atoms in total. The molecule has 0 radical (unpaired) electrons. The molecule has 0 aromatic heterocycles. The normalized spacial score (nSPS) is 13.4. The zero-order valence-corrected chi connectivity index (χ0v) is 18.2. The van der Waals surface area contributed by atoms with E-state index in [0.717, 1.165) is 6.42 Å². The number of carbonyl (C=O) groups is 1. The van der Waals surface area contributed by atoms with Crippen molar-refractivity contribution in [2.45, 2.75) is 18.9 Å². The maximum atomic E-state index is 12.7. The zero-order chi connectivity index (χ0) is 22.4. The predicted molar refractivity (Wildman–Crippen MR) is 113 cm³/mol. The molecule has 31 heavy (non-hydrogen) atoms. The van der Waals surface area contributed by atoms with Crippen LogP contribution in [-0.2, 0) is 11.2 Å². The van der Waals surface area contributed by atoms with Crippen LogP contribution < -0.4 is 29.0 Å². The van der Waals surface area contributed by atoms with Crippen LogP contribution in [-0.4, -0.2) is 40.5 Å². The number of hydrogen-bond acceptors (Lipinski definition) is 7. The van der Waals surface area contributed by atoms with E-state index in [0.29, 0.717) is 58.1 Å². The molecule has 0 aliphatic carbocycles. The van der Waals surface area contributed by atoms with Crippen LogP contribution in [0.15, 0.2) is 24.3 Å². The molecule has 1 amide bonds. The smallest absolute Gasteiger partial charge is 0.225 e. The lowest BCUT2D eigenvalue weighted by atomic mass is 10.1. The number of nitrogens with zero attached hydrogens (tertiary/aromatic N) is 1. The first kappa shape index (κ1) is 22.4. The quantitative estimate of drug-likeness (QED) is 0.695. The third-order valence-electron chi connectivity index (χ3n) is 4.68. The highest BCUT2D eigenvalue weighted by Crippen LogP contribution is 2.40. The van der Waals surface area contributed by atoms with Crippen molar-refractivity contribution >= 4 is 17.5 Å². The molecule has 1 heterocycles.